The number of benzene rings is 3. The molecule has 0 unspecified atom stereocenters. The highest BCUT2D eigenvalue weighted by molar-refractivity contribution is 7.22. The molecule has 5 rings (SSSR count). The van der Waals surface area contributed by atoms with Crippen molar-refractivity contribution in [2.75, 3.05) is 12.0 Å². The summed E-state index contributed by atoms with van der Waals surface area (Å²) in [6.45, 7) is 0. The van der Waals surface area contributed by atoms with Gasteiger partial charge in [-0.25, -0.2) is 9.37 Å². The Bertz CT molecular complexity index is 1560. The van der Waals surface area contributed by atoms with Gasteiger partial charge in [-0.15, -0.1) is 0 Å². The van der Waals surface area contributed by atoms with Crippen molar-refractivity contribution in [2.45, 2.75) is 6.04 Å². The molecule has 180 valence electrons. The maximum atomic E-state index is 13.5. The number of carbonyl (C=O) groups excluding carboxylic acids is 2. The molecule has 4 aromatic rings. The SMILES string of the molecule is COc1ccc2nc(N3C(=O)C(=O)/C(=C(/O)c4ccc(F)cc4)[C@H]3c3ccc([N+](=O)[O-])cc3)sc2c1. The van der Waals surface area contributed by atoms with E-state index in [0.29, 0.717) is 21.5 Å². The van der Waals surface area contributed by atoms with Crippen molar-refractivity contribution >= 4 is 49.8 Å². The van der Waals surface area contributed by atoms with Crippen LogP contribution in [0.1, 0.15) is 17.2 Å². The van der Waals surface area contributed by atoms with Crippen LogP contribution < -0.4 is 9.64 Å². The number of nitro benzene ring substituents is 1. The fourth-order valence-electron chi connectivity index (χ4n) is 4.01. The Kier molecular flexibility index (Phi) is 5.69. The Morgan fingerprint density at radius 2 is 1.81 bits per heavy atom. The van der Waals surface area contributed by atoms with Crippen LogP contribution in [-0.2, 0) is 9.59 Å². The van der Waals surface area contributed by atoms with Gasteiger partial charge in [0.2, 0.25) is 0 Å². The van der Waals surface area contributed by atoms with Gasteiger partial charge in [-0.2, -0.15) is 0 Å². The number of rotatable bonds is 5. The Labute approximate surface area is 206 Å². The van der Waals surface area contributed by atoms with Crippen LogP contribution in [0.5, 0.6) is 5.75 Å². The van der Waals surface area contributed by atoms with Crippen molar-refractivity contribution in [3.8, 4) is 5.75 Å². The third-order valence-corrected chi connectivity index (χ3v) is 6.79. The van der Waals surface area contributed by atoms with Crippen molar-refractivity contribution in [3.63, 3.8) is 0 Å². The molecule has 3 aromatic carbocycles. The monoisotopic (exact) mass is 505 g/mol. The third kappa shape index (κ3) is 3.85. The number of halogens is 1. The number of ether oxygens (including phenoxy) is 1. The van der Waals surface area contributed by atoms with Crippen molar-refractivity contribution in [2.24, 2.45) is 0 Å². The molecule has 1 aliphatic rings. The molecule has 1 aromatic heterocycles. The van der Waals surface area contributed by atoms with Gasteiger partial charge in [0, 0.05) is 17.7 Å². The second-order valence-electron chi connectivity index (χ2n) is 7.85. The van der Waals surface area contributed by atoms with Crippen molar-refractivity contribution in [1.82, 2.24) is 4.98 Å². The summed E-state index contributed by atoms with van der Waals surface area (Å²) < 4.78 is 19.4. The molecule has 0 aliphatic carbocycles. The Morgan fingerprint density at radius 1 is 1.11 bits per heavy atom. The topological polar surface area (TPSA) is 123 Å². The Morgan fingerprint density at radius 3 is 2.44 bits per heavy atom. The summed E-state index contributed by atoms with van der Waals surface area (Å²) in [5.74, 6) is -2.33. The number of carbonyl (C=O) groups is 2. The molecular weight excluding hydrogens is 489 g/mol. The summed E-state index contributed by atoms with van der Waals surface area (Å²) >= 11 is 1.15. The van der Waals surface area contributed by atoms with Gasteiger partial charge in [0.05, 0.1) is 33.9 Å². The van der Waals surface area contributed by atoms with Crippen LogP contribution in [0.3, 0.4) is 0 Å². The minimum Gasteiger partial charge on any atom is -0.507 e. The standard InChI is InChI=1S/C25H16FN3O6S/c1-35-17-10-11-18-19(12-17)36-25(27-18)28-21(13-4-8-16(9-5-13)29(33)34)20(23(31)24(28)32)22(30)14-2-6-15(26)7-3-14/h2-12,21,30H,1H3/b22-20+/t21-/m1/s1. The van der Waals surface area contributed by atoms with Crippen molar-refractivity contribution < 1.29 is 28.7 Å². The van der Waals surface area contributed by atoms with Crippen molar-refractivity contribution in [1.29, 1.82) is 0 Å². The molecule has 0 spiro atoms. The van der Waals surface area contributed by atoms with E-state index in [1.807, 2.05) is 0 Å². The van der Waals surface area contributed by atoms with E-state index in [1.165, 1.54) is 43.5 Å². The minimum absolute atomic E-state index is 0.135. The zero-order valence-electron chi connectivity index (χ0n) is 18.5. The molecule has 2 heterocycles. The van der Waals surface area contributed by atoms with E-state index in [-0.39, 0.29) is 22.0 Å². The number of methoxy groups -OCH3 is 1. The van der Waals surface area contributed by atoms with Crippen LogP contribution in [-0.4, -0.2) is 33.8 Å². The van der Waals surface area contributed by atoms with E-state index < -0.39 is 34.2 Å². The number of fused-ring (bicyclic) bond motifs is 1. The molecular formula is C25H16FN3O6S. The van der Waals surface area contributed by atoms with Crippen molar-refractivity contribution in [3.05, 3.63) is 99.4 Å². The van der Waals surface area contributed by atoms with E-state index in [9.17, 15) is 29.2 Å². The third-order valence-electron chi connectivity index (χ3n) is 5.77. The number of thiazole rings is 1. The van der Waals surface area contributed by atoms with E-state index in [2.05, 4.69) is 4.98 Å². The van der Waals surface area contributed by atoms with Gasteiger partial charge >= 0.3 is 5.91 Å². The molecule has 0 bridgehead atoms. The fraction of sp³-hybridized carbons (Fsp3) is 0.0800. The normalized spacial score (nSPS) is 17.1. The van der Waals surface area contributed by atoms with Crippen LogP contribution in [0, 0.1) is 15.9 Å². The van der Waals surface area contributed by atoms with Gasteiger partial charge in [-0.1, -0.05) is 11.3 Å². The van der Waals surface area contributed by atoms with Crippen LogP contribution in [0.15, 0.2) is 72.3 Å². The molecule has 1 saturated heterocycles. The van der Waals surface area contributed by atoms with E-state index >= 15 is 0 Å². The van der Waals surface area contributed by atoms with Gasteiger partial charge in [0.1, 0.15) is 17.3 Å². The molecule has 1 atom stereocenters. The number of hydrogen-bond acceptors (Lipinski definition) is 8. The number of Topliss-reactive ketones (excluding diaryl/α,β-unsaturated/α-hetero) is 1. The first-order valence-corrected chi connectivity index (χ1v) is 11.4. The molecule has 11 heteroatoms. The number of ketones is 1. The number of hydrogen-bond donors (Lipinski definition) is 1. The molecule has 1 amide bonds. The second-order valence-corrected chi connectivity index (χ2v) is 8.86. The lowest BCUT2D eigenvalue weighted by Gasteiger charge is -2.22. The zero-order chi connectivity index (χ0) is 25.6. The van der Waals surface area contributed by atoms with Crippen LogP contribution >= 0.6 is 11.3 Å². The Balaban J connectivity index is 1.71. The van der Waals surface area contributed by atoms with Gasteiger partial charge in [0.15, 0.2) is 5.13 Å². The average Bonchev–Trinajstić information content (AvgIpc) is 3.41. The largest absolute Gasteiger partial charge is 0.507 e. The van der Waals surface area contributed by atoms with Crippen LogP contribution in [0.25, 0.3) is 16.0 Å². The maximum absolute atomic E-state index is 13.5. The molecule has 1 N–H and O–H groups in total. The number of anilines is 1. The maximum Gasteiger partial charge on any atom is 0.301 e. The number of nitro groups is 1. The van der Waals surface area contributed by atoms with Crippen LogP contribution in [0.2, 0.25) is 0 Å². The smallest absolute Gasteiger partial charge is 0.301 e. The Hall–Kier alpha value is -4.64. The minimum atomic E-state index is -1.13. The first-order chi connectivity index (χ1) is 17.3. The summed E-state index contributed by atoms with van der Waals surface area (Å²) in [5.41, 5.74) is 0.632. The van der Waals surface area contributed by atoms with E-state index in [1.54, 1.807) is 18.2 Å². The lowest BCUT2D eigenvalue weighted by molar-refractivity contribution is -0.384. The summed E-state index contributed by atoms with van der Waals surface area (Å²) in [4.78, 5) is 42.7. The van der Waals surface area contributed by atoms with Crippen LogP contribution in [0.4, 0.5) is 15.2 Å². The number of amides is 1. The molecule has 9 nitrogen and oxygen atoms in total. The number of aliphatic hydroxyl groups is 1. The molecule has 1 fully saturated rings. The van der Waals surface area contributed by atoms with Gasteiger partial charge in [-0.3, -0.25) is 24.6 Å². The predicted octanol–water partition coefficient (Wildman–Crippen LogP) is 4.98. The zero-order valence-corrected chi connectivity index (χ0v) is 19.4. The number of aromatic nitrogens is 1. The number of non-ortho nitro benzene ring substituents is 1. The van der Waals surface area contributed by atoms with Gasteiger partial charge in [-0.05, 0) is 60.2 Å². The molecule has 1 aliphatic heterocycles. The predicted molar refractivity (Wildman–Crippen MR) is 130 cm³/mol. The quantitative estimate of drug-likeness (QED) is 0.133. The number of nitrogens with zero attached hydrogens (tertiary/aromatic N) is 3. The van der Waals surface area contributed by atoms with E-state index in [0.717, 1.165) is 28.4 Å². The lowest BCUT2D eigenvalue weighted by atomic mass is 9.95. The highest BCUT2D eigenvalue weighted by atomic mass is 32.1. The fourth-order valence-corrected chi connectivity index (χ4v) is 5.03. The first kappa shape index (κ1) is 23.1. The highest BCUT2D eigenvalue weighted by Gasteiger charge is 2.48. The summed E-state index contributed by atoms with van der Waals surface area (Å²) in [7, 11) is 1.52. The van der Waals surface area contributed by atoms with E-state index in [4.69, 9.17) is 4.74 Å². The lowest BCUT2D eigenvalue weighted by Crippen LogP contribution is -2.29. The molecule has 36 heavy (non-hydrogen) atoms. The van der Waals surface area contributed by atoms with Gasteiger partial charge in [0.25, 0.3) is 11.5 Å². The van der Waals surface area contributed by atoms with Gasteiger partial charge < -0.3 is 9.84 Å². The molecule has 0 radical (unpaired) electrons. The molecule has 0 saturated carbocycles. The average molecular weight is 505 g/mol. The summed E-state index contributed by atoms with van der Waals surface area (Å²) in [5, 5.41) is 22.4. The highest BCUT2D eigenvalue weighted by Crippen LogP contribution is 2.44. The number of aliphatic hydroxyl groups excluding tert-OH is 1. The second kappa shape index (κ2) is 8.86. The summed E-state index contributed by atoms with van der Waals surface area (Å²) in [6, 6.07) is 14.2. The first-order valence-electron chi connectivity index (χ1n) is 10.5. The summed E-state index contributed by atoms with van der Waals surface area (Å²) in [6.07, 6.45) is 0.